The third-order valence-corrected chi connectivity index (χ3v) is 4.86. The highest BCUT2D eigenvalue weighted by molar-refractivity contribution is 5.72. The van der Waals surface area contributed by atoms with Crippen molar-refractivity contribution in [3.05, 3.63) is 72.7 Å². The fourth-order valence-electron chi connectivity index (χ4n) is 3.06. The van der Waals surface area contributed by atoms with Crippen molar-refractivity contribution < 1.29 is 13.9 Å². The van der Waals surface area contributed by atoms with Gasteiger partial charge in [-0.15, -0.1) is 0 Å². The fourth-order valence-corrected chi connectivity index (χ4v) is 3.06. The summed E-state index contributed by atoms with van der Waals surface area (Å²) in [4.78, 5) is 13.0. The second-order valence-corrected chi connectivity index (χ2v) is 6.42. The van der Waals surface area contributed by atoms with Gasteiger partial charge in [-0.25, -0.2) is 14.4 Å². The van der Waals surface area contributed by atoms with Gasteiger partial charge in [-0.3, -0.25) is 9.38 Å². The highest BCUT2D eigenvalue weighted by atomic mass is 19.1. The number of aromatic nitrogens is 4. The van der Waals surface area contributed by atoms with Crippen LogP contribution < -0.4 is 0 Å². The molecule has 1 aromatic carbocycles. The fraction of sp³-hybridized carbons (Fsp3) is 0.190. The van der Waals surface area contributed by atoms with Crippen LogP contribution in [0.5, 0.6) is 0 Å². The monoisotopic (exact) mass is 378 g/mol. The molecule has 0 aliphatic rings. The number of imidazole rings is 1. The number of hydrogen-bond acceptors (Lipinski definition) is 5. The average Bonchev–Trinajstić information content (AvgIpc) is 3.17. The quantitative estimate of drug-likeness (QED) is 0.490. The van der Waals surface area contributed by atoms with Crippen LogP contribution in [0.15, 0.2) is 61.2 Å². The number of ether oxygens (including phenoxy) is 2. The maximum Gasteiger partial charge on any atom is 0.234 e. The van der Waals surface area contributed by atoms with Gasteiger partial charge in [-0.2, -0.15) is 0 Å². The van der Waals surface area contributed by atoms with Crippen molar-refractivity contribution in [3.8, 4) is 22.4 Å². The molecule has 0 amide bonds. The summed E-state index contributed by atoms with van der Waals surface area (Å²) in [6, 6.07) is 10.4. The zero-order valence-corrected chi connectivity index (χ0v) is 15.8. The maximum atomic E-state index is 14.4. The second-order valence-electron chi connectivity index (χ2n) is 6.42. The van der Waals surface area contributed by atoms with Gasteiger partial charge in [-0.05, 0) is 37.3 Å². The van der Waals surface area contributed by atoms with E-state index in [1.807, 2.05) is 22.7 Å². The summed E-state index contributed by atoms with van der Waals surface area (Å²) in [6.07, 6.45) is 6.86. The lowest BCUT2D eigenvalue weighted by Crippen LogP contribution is -2.28. The van der Waals surface area contributed by atoms with Crippen LogP contribution in [0.4, 0.5) is 4.39 Å². The molecule has 0 radical (unpaired) electrons. The van der Waals surface area contributed by atoms with Crippen molar-refractivity contribution in [1.29, 1.82) is 0 Å². The Morgan fingerprint density at radius 3 is 2.57 bits per heavy atom. The van der Waals surface area contributed by atoms with E-state index in [-0.39, 0.29) is 5.82 Å². The number of methoxy groups -OCH3 is 2. The van der Waals surface area contributed by atoms with Crippen molar-refractivity contribution >= 4 is 5.78 Å². The van der Waals surface area contributed by atoms with E-state index >= 15 is 0 Å². The predicted octanol–water partition coefficient (Wildman–Crippen LogP) is 4.06. The lowest BCUT2D eigenvalue weighted by Gasteiger charge is -2.25. The minimum atomic E-state index is -0.961. The number of benzene rings is 1. The van der Waals surface area contributed by atoms with Gasteiger partial charge in [0.25, 0.3) is 0 Å². The van der Waals surface area contributed by atoms with Crippen LogP contribution >= 0.6 is 0 Å². The summed E-state index contributed by atoms with van der Waals surface area (Å²) in [7, 11) is 3.12. The number of rotatable bonds is 5. The first-order valence-electron chi connectivity index (χ1n) is 8.71. The molecule has 7 heteroatoms. The molecule has 3 heterocycles. The van der Waals surface area contributed by atoms with E-state index in [4.69, 9.17) is 9.47 Å². The molecular weight excluding hydrogens is 359 g/mol. The van der Waals surface area contributed by atoms with Gasteiger partial charge in [0.15, 0.2) is 0 Å². The highest BCUT2D eigenvalue weighted by Gasteiger charge is 2.28. The number of fused-ring (bicyclic) bond motifs is 1. The number of halogens is 1. The summed E-state index contributed by atoms with van der Waals surface area (Å²) >= 11 is 0. The summed E-state index contributed by atoms with van der Waals surface area (Å²) in [5.41, 5.74) is 3.43. The molecule has 3 aromatic heterocycles. The molecule has 4 aromatic rings. The Morgan fingerprint density at radius 2 is 1.86 bits per heavy atom. The topological polar surface area (TPSA) is 61.5 Å². The maximum absolute atomic E-state index is 14.4. The first kappa shape index (κ1) is 18.2. The van der Waals surface area contributed by atoms with Gasteiger partial charge >= 0.3 is 0 Å². The molecule has 0 N–H and O–H groups in total. The number of hydrogen-bond donors (Lipinski definition) is 0. The van der Waals surface area contributed by atoms with Crippen LogP contribution in [0, 0.1) is 5.82 Å². The molecule has 4 rings (SSSR count). The molecule has 0 unspecified atom stereocenters. The first-order valence-corrected chi connectivity index (χ1v) is 8.71. The van der Waals surface area contributed by atoms with Crippen molar-refractivity contribution in [1.82, 2.24) is 19.4 Å². The van der Waals surface area contributed by atoms with E-state index in [1.54, 1.807) is 57.9 Å². The van der Waals surface area contributed by atoms with E-state index in [2.05, 4.69) is 15.0 Å². The second kappa shape index (κ2) is 7.10. The standard InChI is InChI=1S/C21H19FN4O2/c1-21(27-2,28-3)19-8-10-26-18(13-24-20(26)25-19)14-6-7-17(22)16(11-14)15-5-4-9-23-12-15/h4-13H,1-3H3. The molecule has 0 spiro atoms. The molecule has 0 saturated carbocycles. The Kier molecular flexibility index (Phi) is 4.62. The Morgan fingerprint density at radius 1 is 1.04 bits per heavy atom. The van der Waals surface area contributed by atoms with Gasteiger partial charge in [0.05, 0.1) is 11.9 Å². The largest absolute Gasteiger partial charge is 0.348 e. The van der Waals surface area contributed by atoms with Crippen LogP contribution in [-0.4, -0.2) is 33.6 Å². The zero-order chi connectivity index (χ0) is 19.7. The molecular formula is C21H19FN4O2. The summed E-state index contributed by atoms with van der Waals surface area (Å²) in [6.45, 7) is 1.79. The van der Waals surface area contributed by atoms with Crippen LogP contribution in [0.25, 0.3) is 28.2 Å². The third kappa shape index (κ3) is 3.04. The van der Waals surface area contributed by atoms with Crippen molar-refractivity contribution in [2.75, 3.05) is 14.2 Å². The van der Waals surface area contributed by atoms with Crippen LogP contribution in [0.3, 0.4) is 0 Å². The Bertz CT molecular complexity index is 1120. The minimum absolute atomic E-state index is 0.304. The molecule has 0 aliphatic carbocycles. The van der Waals surface area contributed by atoms with Crippen molar-refractivity contribution in [3.63, 3.8) is 0 Å². The van der Waals surface area contributed by atoms with Gasteiger partial charge < -0.3 is 9.47 Å². The number of pyridine rings is 1. The molecule has 0 bridgehead atoms. The molecule has 0 aliphatic heterocycles. The summed E-state index contributed by atoms with van der Waals surface area (Å²) < 4.78 is 27.1. The van der Waals surface area contributed by atoms with Crippen molar-refractivity contribution in [2.24, 2.45) is 0 Å². The predicted molar refractivity (Wildman–Crippen MR) is 103 cm³/mol. The molecule has 28 heavy (non-hydrogen) atoms. The van der Waals surface area contributed by atoms with E-state index in [0.717, 1.165) is 11.3 Å². The van der Waals surface area contributed by atoms with E-state index in [0.29, 0.717) is 22.6 Å². The van der Waals surface area contributed by atoms with E-state index < -0.39 is 5.79 Å². The molecule has 0 saturated heterocycles. The van der Waals surface area contributed by atoms with Gasteiger partial charge in [-0.1, -0.05) is 6.07 Å². The molecule has 0 atom stereocenters. The van der Waals surface area contributed by atoms with Gasteiger partial charge in [0.2, 0.25) is 11.6 Å². The number of nitrogens with zero attached hydrogens (tertiary/aromatic N) is 4. The SMILES string of the molecule is COC(C)(OC)c1ccn2c(-c3ccc(F)c(-c4cccnc4)c3)cnc2n1. The van der Waals surface area contributed by atoms with Crippen molar-refractivity contribution in [2.45, 2.75) is 12.7 Å². The van der Waals surface area contributed by atoms with Crippen LogP contribution in [0.1, 0.15) is 12.6 Å². The Hall–Kier alpha value is -3.16. The molecule has 6 nitrogen and oxygen atoms in total. The van der Waals surface area contributed by atoms with E-state index in [9.17, 15) is 4.39 Å². The first-order chi connectivity index (χ1) is 13.6. The van der Waals surface area contributed by atoms with Gasteiger partial charge in [0.1, 0.15) is 11.5 Å². The lowest BCUT2D eigenvalue weighted by molar-refractivity contribution is -0.204. The Labute approximate surface area is 161 Å². The lowest BCUT2D eigenvalue weighted by atomic mass is 10.0. The zero-order valence-electron chi connectivity index (χ0n) is 15.8. The highest BCUT2D eigenvalue weighted by Crippen LogP contribution is 2.30. The smallest absolute Gasteiger partial charge is 0.234 e. The normalized spacial score (nSPS) is 11.9. The summed E-state index contributed by atoms with van der Waals surface area (Å²) in [5, 5.41) is 0. The van der Waals surface area contributed by atoms with E-state index in [1.165, 1.54) is 6.07 Å². The molecule has 0 fully saturated rings. The van der Waals surface area contributed by atoms with Crippen LogP contribution in [0.2, 0.25) is 0 Å². The molecule has 142 valence electrons. The van der Waals surface area contributed by atoms with Crippen LogP contribution in [-0.2, 0) is 15.3 Å². The average molecular weight is 378 g/mol. The Balaban J connectivity index is 1.80. The van der Waals surface area contributed by atoms with Gasteiger partial charge in [0, 0.05) is 49.5 Å². The third-order valence-electron chi connectivity index (χ3n) is 4.86. The summed E-state index contributed by atoms with van der Waals surface area (Å²) in [5.74, 6) is -0.765. The minimum Gasteiger partial charge on any atom is -0.348 e.